The minimum atomic E-state index is -0.770. The Morgan fingerprint density at radius 3 is 3.00 bits per heavy atom. The number of hydrogen-bond donors (Lipinski definition) is 1. The van der Waals surface area contributed by atoms with E-state index in [-0.39, 0.29) is 0 Å². The van der Waals surface area contributed by atoms with E-state index in [0.717, 1.165) is 29.5 Å². The number of aromatic nitrogens is 2. The Bertz CT molecular complexity index is 727. The zero-order chi connectivity index (χ0) is 14.1. The number of hydrogen-bond acceptors (Lipinski definition) is 3. The van der Waals surface area contributed by atoms with Crippen LogP contribution in [0.5, 0.6) is 0 Å². The number of aliphatic hydroxyl groups is 1. The normalized spacial score (nSPS) is 12.9. The van der Waals surface area contributed by atoms with Gasteiger partial charge in [0, 0.05) is 23.7 Å². The van der Waals surface area contributed by atoms with Crippen molar-refractivity contribution in [2.45, 2.75) is 32.9 Å². The number of furan rings is 1. The number of aryl methyl sites for hydroxylation is 2. The zero-order valence-electron chi connectivity index (χ0n) is 11.7. The lowest BCUT2D eigenvalue weighted by atomic mass is 10.1. The molecule has 0 aliphatic carbocycles. The molecule has 1 aromatic carbocycles. The van der Waals surface area contributed by atoms with Gasteiger partial charge in [-0.25, -0.2) is 0 Å². The molecule has 4 heteroatoms. The van der Waals surface area contributed by atoms with E-state index in [2.05, 4.69) is 18.1 Å². The van der Waals surface area contributed by atoms with Gasteiger partial charge >= 0.3 is 0 Å². The molecule has 2 heterocycles. The molecule has 20 heavy (non-hydrogen) atoms. The molecule has 0 aliphatic heterocycles. The molecule has 0 fully saturated rings. The largest absolute Gasteiger partial charge is 0.458 e. The van der Waals surface area contributed by atoms with Gasteiger partial charge in [0.2, 0.25) is 0 Å². The van der Waals surface area contributed by atoms with Crippen LogP contribution in [0.3, 0.4) is 0 Å². The number of fused-ring (bicyclic) bond motifs is 1. The van der Waals surface area contributed by atoms with E-state index in [4.69, 9.17) is 4.42 Å². The van der Waals surface area contributed by atoms with Crippen molar-refractivity contribution in [2.75, 3.05) is 0 Å². The summed E-state index contributed by atoms with van der Waals surface area (Å²) in [5, 5.41) is 15.6. The first-order valence-corrected chi connectivity index (χ1v) is 6.88. The van der Waals surface area contributed by atoms with Gasteiger partial charge in [-0.1, -0.05) is 18.6 Å². The Morgan fingerprint density at radius 1 is 1.35 bits per heavy atom. The van der Waals surface area contributed by atoms with Gasteiger partial charge in [0.1, 0.15) is 17.4 Å². The molecule has 1 unspecified atom stereocenters. The summed E-state index contributed by atoms with van der Waals surface area (Å²) in [5.74, 6) is 0.557. The molecular formula is C16H18N2O2. The summed E-state index contributed by atoms with van der Waals surface area (Å²) in [6.07, 6.45) is 3.81. The van der Waals surface area contributed by atoms with Gasteiger partial charge in [0.25, 0.3) is 0 Å². The van der Waals surface area contributed by atoms with E-state index < -0.39 is 6.10 Å². The van der Waals surface area contributed by atoms with Crippen LogP contribution in [-0.2, 0) is 6.54 Å². The van der Waals surface area contributed by atoms with Gasteiger partial charge in [-0.15, -0.1) is 0 Å². The third-order valence-electron chi connectivity index (χ3n) is 3.38. The highest BCUT2D eigenvalue weighted by molar-refractivity contribution is 5.78. The molecule has 3 rings (SSSR count). The second-order valence-electron chi connectivity index (χ2n) is 5.13. The summed E-state index contributed by atoms with van der Waals surface area (Å²) in [4.78, 5) is 0. The monoisotopic (exact) mass is 270 g/mol. The number of benzene rings is 1. The van der Waals surface area contributed by atoms with E-state index in [1.54, 1.807) is 6.20 Å². The summed E-state index contributed by atoms with van der Waals surface area (Å²) >= 11 is 0. The fourth-order valence-electron chi connectivity index (χ4n) is 2.35. The maximum atomic E-state index is 10.4. The van der Waals surface area contributed by atoms with E-state index in [1.165, 1.54) is 5.56 Å². The van der Waals surface area contributed by atoms with Gasteiger partial charge < -0.3 is 9.52 Å². The molecule has 2 aromatic heterocycles. The average molecular weight is 270 g/mol. The van der Waals surface area contributed by atoms with Crippen molar-refractivity contribution in [3.63, 3.8) is 0 Å². The van der Waals surface area contributed by atoms with Gasteiger partial charge in [0.15, 0.2) is 0 Å². The second kappa shape index (κ2) is 5.13. The minimum absolute atomic E-state index is 0.557. The molecule has 0 spiro atoms. The van der Waals surface area contributed by atoms with Crippen LogP contribution in [0.2, 0.25) is 0 Å². The van der Waals surface area contributed by atoms with Crippen LogP contribution < -0.4 is 0 Å². The van der Waals surface area contributed by atoms with Crippen LogP contribution in [0.25, 0.3) is 11.0 Å². The Morgan fingerprint density at radius 2 is 2.20 bits per heavy atom. The molecule has 3 aromatic rings. The topological polar surface area (TPSA) is 51.2 Å². The molecule has 104 valence electrons. The van der Waals surface area contributed by atoms with E-state index in [1.807, 2.05) is 36.0 Å². The summed E-state index contributed by atoms with van der Waals surface area (Å²) in [5.41, 5.74) is 2.73. The maximum Gasteiger partial charge on any atom is 0.140 e. The lowest BCUT2D eigenvalue weighted by molar-refractivity contribution is 0.192. The highest BCUT2D eigenvalue weighted by Crippen LogP contribution is 2.28. The Balaban J connectivity index is 1.92. The first-order chi connectivity index (χ1) is 9.67. The van der Waals surface area contributed by atoms with Crippen LogP contribution in [0.4, 0.5) is 0 Å². The van der Waals surface area contributed by atoms with Gasteiger partial charge in [-0.2, -0.15) is 5.10 Å². The molecule has 0 amide bonds. The Labute approximate surface area is 117 Å². The third-order valence-corrected chi connectivity index (χ3v) is 3.38. The fraction of sp³-hybridized carbons (Fsp3) is 0.312. The van der Waals surface area contributed by atoms with Crippen molar-refractivity contribution >= 4 is 11.0 Å². The van der Waals surface area contributed by atoms with Crippen LogP contribution >= 0.6 is 0 Å². The smallest absolute Gasteiger partial charge is 0.140 e. The Hall–Kier alpha value is -2.07. The molecule has 0 saturated heterocycles. The fourth-order valence-corrected chi connectivity index (χ4v) is 2.35. The lowest BCUT2D eigenvalue weighted by Gasteiger charge is -2.03. The van der Waals surface area contributed by atoms with Gasteiger partial charge in [0.05, 0.1) is 6.20 Å². The molecular weight excluding hydrogens is 252 g/mol. The van der Waals surface area contributed by atoms with Crippen molar-refractivity contribution < 1.29 is 9.52 Å². The SMILES string of the molecule is CCCn1cc(C(O)c2cc3cc(C)ccc3o2)cn1. The van der Waals surface area contributed by atoms with Crippen molar-refractivity contribution in [1.82, 2.24) is 9.78 Å². The predicted octanol–water partition coefficient (Wildman–Crippen LogP) is 3.43. The highest BCUT2D eigenvalue weighted by atomic mass is 16.4. The van der Waals surface area contributed by atoms with Crippen molar-refractivity contribution in [3.05, 3.63) is 53.5 Å². The first-order valence-electron chi connectivity index (χ1n) is 6.88. The van der Waals surface area contributed by atoms with Crippen LogP contribution in [-0.4, -0.2) is 14.9 Å². The van der Waals surface area contributed by atoms with Crippen LogP contribution in [0.1, 0.15) is 36.3 Å². The van der Waals surface area contributed by atoms with Crippen molar-refractivity contribution in [2.24, 2.45) is 0 Å². The summed E-state index contributed by atoms with van der Waals surface area (Å²) < 4.78 is 7.56. The van der Waals surface area contributed by atoms with Crippen molar-refractivity contribution in [1.29, 1.82) is 0 Å². The van der Waals surface area contributed by atoms with Gasteiger partial charge in [-0.3, -0.25) is 4.68 Å². The number of aliphatic hydroxyl groups excluding tert-OH is 1. The standard InChI is InChI=1S/C16H18N2O2/c1-3-6-18-10-13(9-17-18)16(19)15-8-12-7-11(2)4-5-14(12)20-15/h4-5,7-10,16,19H,3,6H2,1-2H3. The molecule has 4 nitrogen and oxygen atoms in total. The molecule has 1 atom stereocenters. The molecule has 0 radical (unpaired) electrons. The number of rotatable bonds is 4. The predicted molar refractivity (Wildman–Crippen MR) is 77.5 cm³/mol. The average Bonchev–Trinajstić information content (AvgIpc) is 3.04. The maximum absolute atomic E-state index is 10.4. The molecule has 0 aliphatic rings. The van der Waals surface area contributed by atoms with E-state index >= 15 is 0 Å². The van der Waals surface area contributed by atoms with E-state index in [0.29, 0.717) is 5.76 Å². The highest BCUT2D eigenvalue weighted by Gasteiger charge is 2.17. The third kappa shape index (κ3) is 2.34. The van der Waals surface area contributed by atoms with Crippen LogP contribution in [0.15, 0.2) is 41.1 Å². The molecule has 0 saturated carbocycles. The Kier molecular flexibility index (Phi) is 3.32. The second-order valence-corrected chi connectivity index (χ2v) is 5.13. The minimum Gasteiger partial charge on any atom is -0.458 e. The molecule has 0 bridgehead atoms. The lowest BCUT2D eigenvalue weighted by Crippen LogP contribution is -1.98. The zero-order valence-corrected chi connectivity index (χ0v) is 11.7. The van der Waals surface area contributed by atoms with E-state index in [9.17, 15) is 5.11 Å². The van der Waals surface area contributed by atoms with Crippen LogP contribution in [0, 0.1) is 6.92 Å². The summed E-state index contributed by atoms with van der Waals surface area (Å²) in [6.45, 7) is 4.99. The number of nitrogens with zero attached hydrogens (tertiary/aromatic N) is 2. The summed E-state index contributed by atoms with van der Waals surface area (Å²) in [6, 6.07) is 7.88. The summed E-state index contributed by atoms with van der Waals surface area (Å²) in [7, 11) is 0. The van der Waals surface area contributed by atoms with Gasteiger partial charge in [-0.05, 0) is 31.5 Å². The van der Waals surface area contributed by atoms with Crippen molar-refractivity contribution in [3.8, 4) is 0 Å². The quantitative estimate of drug-likeness (QED) is 0.790. The molecule has 1 N–H and O–H groups in total. The first kappa shape index (κ1) is 12.9.